The highest BCUT2D eigenvalue weighted by Crippen LogP contribution is 2.16. The van der Waals surface area contributed by atoms with Crippen molar-refractivity contribution < 1.29 is 23.1 Å². The van der Waals surface area contributed by atoms with Gasteiger partial charge < -0.3 is 10.8 Å². The van der Waals surface area contributed by atoms with Crippen LogP contribution < -0.4 is 10.5 Å². The third kappa shape index (κ3) is 4.54. The second kappa shape index (κ2) is 7.37. The third-order valence-corrected chi connectivity index (χ3v) is 4.70. The van der Waals surface area contributed by atoms with Gasteiger partial charge in [0.15, 0.2) is 0 Å². The Hall–Kier alpha value is -1.93. The Morgan fingerprint density at radius 2 is 2.00 bits per heavy atom. The van der Waals surface area contributed by atoms with Crippen molar-refractivity contribution >= 4 is 21.9 Å². The van der Waals surface area contributed by atoms with Crippen LogP contribution >= 0.6 is 0 Å². The molecule has 0 aromatic heterocycles. The first-order valence-electron chi connectivity index (χ1n) is 6.84. The van der Waals surface area contributed by atoms with E-state index in [0.717, 1.165) is 12.5 Å². The first kappa shape index (κ1) is 18.1. The smallest absolute Gasteiger partial charge is 0.321 e. The first-order chi connectivity index (χ1) is 10.2. The predicted molar refractivity (Wildman–Crippen MR) is 81.0 cm³/mol. The van der Waals surface area contributed by atoms with E-state index in [-0.39, 0.29) is 16.9 Å². The zero-order chi connectivity index (χ0) is 16.9. The Morgan fingerprint density at radius 1 is 1.36 bits per heavy atom. The molecule has 22 heavy (non-hydrogen) atoms. The van der Waals surface area contributed by atoms with Crippen LogP contribution in [-0.4, -0.2) is 31.4 Å². The summed E-state index contributed by atoms with van der Waals surface area (Å²) in [6, 6.07) is 2.71. The molecule has 1 unspecified atom stereocenters. The van der Waals surface area contributed by atoms with E-state index < -0.39 is 27.9 Å². The van der Waals surface area contributed by atoms with Crippen molar-refractivity contribution in [1.82, 2.24) is 4.72 Å². The number of hydrogen-bond donors (Lipinski definition) is 3. The van der Waals surface area contributed by atoms with Gasteiger partial charge in [0.05, 0.1) is 4.90 Å². The molecule has 0 aliphatic rings. The highest BCUT2D eigenvalue weighted by atomic mass is 32.2. The van der Waals surface area contributed by atoms with Crippen molar-refractivity contribution in [3.05, 3.63) is 29.3 Å². The molecular formula is C14H20N2O5S. The Morgan fingerprint density at radius 3 is 2.50 bits per heavy atom. The molecule has 1 aromatic rings. The van der Waals surface area contributed by atoms with Crippen molar-refractivity contribution in [3.8, 4) is 0 Å². The van der Waals surface area contributed by atoms with Crippen LogP contribution in [0.2, 0.25) is 0 Å². The van der Waals surface area contributed by atoms with Crippen LogP contribution in [-0.2, 0) is 14.8 Å². The Kier molecular flexibility index (Phi) is 6.07. The van der Waals surface area contributed by atoms with Crippen LogP contribution in [0.1, 0.15) is 42.1 Å². The fraction of sp³-hybridized carbons (Fsp3) is 0.429. The molecule has 1 rings (SSSR count). The summed E-state index contributed by atoms with van der Waals surface area (Å²) in [7, 11) is -4.05. The van der Waals surface area contributed by atoms with Gasteiger partial charge in [-0.25, -0.2) is 8.42 Å². The molecule has 0 aliphatic carbocycles. The molecule has 0 fully saturated rings. The van der Waals surface area contributed by atoms with E-state index in [1.807, 2.05) is 6.92 Å². The van der Waals surface area contributed by atoms with Gasteiger partial charge in [-0.2, -0.15) is 4.72 Å². The summed E-state index contributed by atoms with van der Waals surface area (Å²) in [5.74, 6) is -1.98. The van der Waals surface area contributed by atoms with E-state index in [0.29, 0.717) is 12.0 Å². The van der Waals surface area contributed by atoms with E-state index in [4.69, 9.17) is 10.8 Å². The molecule has 0 radical (unpaired) electrons. The Bertz CT molecular complexity index is 670. The second-order valence-electron chi connectivity index (χ2n) is 5.00. The molecule has 1 atom stereocenters. The molecular weight excluding hydrogens is 308 g/mol. The lowest BCUT2D eigenvalue weighted by molar-refractivity contribution is -0.139. The fourth-order valence-electron chi connectivity index (χ4n) is 1.93. The highest BCUT2D eigenvalue weighted by Gasteiger charge is 2.25. The Labute approximate surface area is 129 Å². The molecule has 122 valence electrons. The molecule has 0 aliphatic heterocycles. The molecule has 0 bridgehead atoms. The molecule has 0 saturated heterocycles. The van der Waals surface area contributed by atoms with Gasteiger partial charge in [0, 0.05) is 5.56 Å². The maximum absolute atomic E-state index is 12.3. The van der Waals surface area contributed by atoms with Crippen LogP contribution in [0.4, 0.5) is 0 Å². The second-order valence-corrected chi connectivity index (χ2v) is 6.71. The minimum absolute atomic E-state index is 0.0864. The average Bonchev–Trinajstić information content (AvgIpc) is 2.43. The molecule has 7 nitrogen and oxygen atoms in total. The van der Waals surface area contributed by atoms with Gasteiger partial charge in [0.1, 0.15) is 6.04 Å². The average molecular weight is 328 g/mol. The van der Waals surface area contributed by atoms with Crippen LogP contribution in [0.5, 0.6) is 0 Å². The van der Waals surface area contributed by atoms with Gasteiger partial charge in [-0.15, -0.1) is 0 Å². The number of aryl methyl sites for hydroxylation is 1. The first-order valence-corrected chi connectivity index (χ1v) is 8.33. The molecule has 8 heteroatoms. The zero-order valence-electron chi connectivity index (χ0n) is 12.5. The summed E-state index contributed by atoms with van der Waals surface area (Å²) >= 11 is 0. The number of primary amides is 1. The van der Waals surface area contributed by atoms with Crippen LogP contribution in [0, 0.1) is 6.92 Å². The molecule has 0 heterocycles. The van der Waals surface area contributed by atoms with Gasteiger partial charge >= 0.3 is 5.97 Å². The van der Waals surface area contributed by atoms with Gasteiger partial charge in [-0.05, 0) is 31.0 Å². The summed E-state index contributed by atoms with van der Waals surface area (Å²) in [4.78, 5) is 22.2. The van der Waals surface area contributed by atoms with E-state index in [9.17, 15) is 18.0 Å². The quantitative estimate of drug-likeness (QED) is 0.656. The van der Waals surface area contributed by atoms with Crippen molar-refractivity contribution in [1.29, 1.82) is 0 Å². The topological polar surface area (TPSA) is 127 Å². The molecule has 0 spiro atoms. The lowest BCUT2D eigenvalue weighted by Gasteiger charge is -2.15. The number of amides is 1. The SMILES string of the molecule is CCCCC(NS(=O)(=O)c1ccc(C)c(C(N)=O)c1)C(=O)O. The number of carbonyl (C=O) groups is 2. The number of benzene rings is 1. The van der Waals surface area contributed by atoms with Gasteiger partial charge in [-0.1, -0.05) is 25.8 Å². The van der Waals surface area contributed by atoms with Crippen LogP contribution in [0.25, 0.3) is 0 Å². The standard InChI is InChI=1S/C14H20N2O5S/c1-3-4-5-12(14(18)19)16-22(20,21)10-7-6-9(2)11(8-10)13(15)17/h6-8,12,16H,3-5H2,1-2H3,(H2,15,17)(H,18,19). The molecule has 0 saturated carbocycles. The summed E-state index contributed by atoms with van der Waals surface area (Å²) in [5, 5.41) is 9.10. The number of sulfonamides is 1. The monoisotopic (exact) mass is 328 g/mol. The number of unbranched alkanes of at least 4 members (excludes halogenated alkanes) is 1. The number of aliphatic carboxylic acids is 1. The fourth-order valence-corrected chi connectivity index (χ4v) is 3.18. The van der Waals surface area contributed by atoms with E-state index in [1.54, 1.807) is 6.92 Å². The normalized spacial score (nSPS) is 12.8. The van der Waals surface area contributed by atoms with Crippen LogP contribution in [0.3, 0.4) is 0 Å². The van der Waals surface area contributed by atoms with E-state index in [1.165, 1.54) is 12.1 Å². The molecule has 1 amide bonds. The number of nitrogens with two attached hydrogens (primary N) is 1. The Balaban J connectivity index is 3.10. The van der Waals surface area contributed by atoms with Crippen molar-refractivity contribution in [2.45, 2.75) is 44.0 Å². The molecule has 1 aromatic carbocycles. The number of carbonyl (C=O) groups excluding carboxylic acids is 1. The number of nitrogens with one attached hydrogen (secondary N) is 1. The third-order valence-electron chi connectivity index (χ3n) is 3.23. The summed E-state index contributed by atoms with van der Waals surface area (Å²) in [6.07, 6.45) is 1.53. The van der Waals surface area contributed by atoms with Crippen molar-refractivity contribution in [3.63, 3.8) is 0 Å². The summed E-state index contributed by atoms with van der Waals surface area (Å²) in [5.41, 5.74) is 5.83. The van der Waals surface area contributed by atoms with Gasteiger partial charge in [0.25, 0.3) is 0 Å². The number of hydrogen-bond acceptors (Lipinski definition) is 4. The van der Waals surface area contributed by atoms with Crippen molar-refractivity contribution in [2.24, 2.45) is 5.73 Å². The lowest BCUT2D eigenvalue weighted by Crippen LogP contribution is -2.40. The predicted octanol–water partition coefficient (Wildman–Crippen LogP) is 1.02. The number of rotatable bonds is 8. The van der Waals surface area contributed by atoms with E-state index >= 15 is 0 Å². The minimum Gasteiger partial charge on any atom is -0.480 e. The van der Waals surface area contributed by atoms with Gasteiger partial charge in [0.2, 0.25) is 15.9 Å². The summed E-state index contributed by atoms with van der Waals surface area (Å²) < 4.78 is 26.7. The number of carboxylic acid groups (broad SMARTS) is 1. The molecule has 4 N–H and O–H groups in total. The van der Waals surface area contributed by atoms with E-state index in [2.05, 4.69) is 4.72 Å². The van der Waals surface area contributed by atoms with Crippen molar-refractivity contribution in [2.75, 3.05) is 0 Å². The largest absolute Gasteiger partial charge is 0.480 e. The highest BCUT2D eigenvalue weighted by molar-refractivity contribution is 7.89. The zero-order valence-corrected chi connectivity index (χ0v) is 13.3. The van der Waals surface area contributed by atoms with Gasteiger partial charge in [-0.3, -0.25) is 9.59 Å². The maximum Gasteiger partial charge on any atom is 0.321 e. The minimum atomic E-state index is -4.05. The maximum atomic E-state index is 12.3. The number of carboxylic acids is 1. The summed E-state index contributed by atoms with van der Waals surface area (Å²) in [6.45, 7) is 3.51. The van der Waals surface area contributed by atoms with Crippen LogP contribution in [0.15, 0.2) is 23.1 Å². The lowest BCUT2D eigenvalue weighted by atomic mass is 10.1.